The number of hydrogen-bond acceptors (Lipinski definition) is 6. The second-order valence-electron chi connectivity index (χ2n) is 5.55. The predicted molar refractivity (Wildman–Crippen MR) is 95.9 cm³/mol. The Bertz CT molecular complexity index is 1140. The summed E-state index contributed by atoms with van der Waals surface area (Å²) in [5.41, 5.74) is 0.349. The number of amides is 1. The Hall–Kier alpha value is -3.33. The van der Waals surface area contributed by atoms with Crippen LogP contribution in [0.3, 0.4) is 0 Å². The van der Waals surface area contributed by atoms with Crippen molar-refractivity contribution in [2.45, 2.75) is 4.90 Å². The maximum absolute atomic E-state index is 12.5. The monoisotopic (exact) mass is 371 g/mol. The largest absolute Gasteiger partial charge is 0.320 e. The van der Waals surface area contributed by atoms with E-state index in [4.69, 9.17) is 0 Å². The number of pyridine rings is 1. The second-order valence-corrected chi connectivity index (χ2v) is 7.53. The first kappa shape index (κ1) is 17.5. The molecule has 2 aromatic carbocycles. The van der Waals surface area contributed by atoms with Crippen molar-refractivity contribution in [2.24, 2.45) is 0 Å². The van der Waals surface area contributed by atoms with E-state index in [2.05, 4.69) is 10.3 Å². The van der Waals surface area contributed by atoms with Gasteiger partial charge in [-0.25, -0.2) is 8.42 Å². The van der Waals surface area contributed by atoms with E-state index in [1.165, 1.54) is 6.07 Å². The van der Waals surface area contributed by atoms with Gasteiger partial charge in [-0.2, -0.15) is 0 Å². The topological polar surface area (TPSA) is 119 Å². The lowest BCUT2D eigenvalue weighted by Crippen LogP contribution is -2.13. The maximum Gasteiger partial charge on any atom is 0.288 e. The average Bonchev–Trinajstić information content (AvgIpc) is 2.60. The first-order valence-electron chi connectivity index (χ1n) is 7.41. The fraction of sp³-hybridized carbons (Fsp3) is 0.0588. The Kier molecular flexibility index (Phi) is 4.39. The molecule has 3 rings (SSSR count). The SMILES string of the molecule is CS(=O)(=O)c1ccc(C(=O)Nc2cccc3cccnc23)cc1[N+](=O)[O-]. The number of anilines is 1. The lowest BCUT2D eigenvalue weighted by molar-refractivity contribution is -0.387. The summed E-state index contributed by atoms with van der Waals surface area (Å²) in [6, 6.07) is 12.1. The van der Waals surface area contributed by atoms with Gasteiger partial charge < -0.3 is 5.32 Å². The number of nitro benzene ring substituents is 1. The lowest BCUT2D eigenvalue weighted by atomic mass is 10.1. The summed E-state index contributed by atoms with van der Waals surface area (Å²) in [7, 11) is -3.79. The number of carbonyl (C=O) groups is 1. The number of rotatable bonds is 4. The molecule has 1 N–H and O–H groups in total. The number of benzene rings is 2. The van der Waals surface area contributed by atoms with Crippen LogP contribution in [0.5, 0.6) is 0 Å². The molecule has 0 spiro atoms. The molecule has 0 aliphatic rings. The third-order valence-corrected chi connectivity index (χ3v) is 4.84. The molecular weight excluding hydrogens is 358 g/mol. The summed E-state index contributed by atoms with van der Waals surface area (Å²) in [4.78, 5) is 26.6. The van der Waals surface area contributed by atoms with E-state index in [9.17, 15) is 23.3 Å². The van der Waals surface area contributed by atoms with Crippen molar-refractivity contribution in [3.63, 3.8) is 0 Å². The van der Waals surface area contributed by atoms with Gasteiger partial charge in [0.25, 0.3) is 11.6 Å². The van der Waals surface area contributed by atoms with Gasteiger partial charge in [0.15, 0.2) is 9.84 Å². The standard InChI is InChI=1S/C17H13N3O5S/c1-26(24,25)15-8-7-12(10-14(15)20(22)23)17(21)19-13-6-2-4-11-5-3-9-18-16(11)13/h2-10H,1H3,(H,19,21). The van der Waals surface area contributed by atoms with Crippen LogP contribution in [-0.4, -0.2) is 30.5 Å². The number of carbonyl (C=O) groups excluding carboxylic acids is 1. The molecule has 0 aliphatic carbocycles. The molecule has 26 heavy (non-hydrogen) atoms. The molecule has 0 unspecified atom stereocenters. The van der Waals surface area contributed by atoms with Crippen molar-refractivity contribution >= 4 is 38.0 Å². The highest BCUT2D eigenvalue weighted by Crippen LogP contribution is 2.26. The van der Waals surface area contributed by atoms with Crippen LogP contribution in [0.4, 0.5) is 11.4 Å². The summed E-state index contributed by atoms with van der Waals surface area (Å²) in [5, 5.41) is 14.7. The zero-order valence-electron chi connectivity index (χ0n) is 13.5. The minimum absolute atomic E-state index is 0.0305. The number of nitrogens with one attached hydrogen (secondary N) is 1. The summed E-state index contributed by atoms with van der Waals surface area (Å²) in [5.74, 6) is -0.605. The molecule has 9 heteroatoms. The Morgan fingerprint density at radius 1 is 1.15 bits per heavy atom. The number of nitro groups is 1. The van der Waals surface area contributed by atoms with Crippen LogP contribution in [0.2, 0.25) is 0 Å². The van der Waals surface area contributed by atoms with Crippen LogP contribution in [0.15, 0.2) is 59.6 Å². The third kappa shape index (κ3) is 3.38. The highest BCUT2D eigenvalue weighted by Gasteiger charge is 2.24. The van der Waals surface area contributed by atoms with Crippen LogP contribution in [0.1, 0.15) is 10.4 Å². The van der Waals surface area contributed by atoms with Crippen LogP contribution < -0.4 is 5.32 Å². The van der Waals surface area contributed by atoms with E-state index in [0.29, 0.717) is 11.2 Å². The van der Waals surface area contributed by atoms with Crippen LogP contribution in [-0.2, 0) is 9.84 Å². The van der Waals surface area contributed by atoms with Crippen LogP contribution in [0, 0.1) is 10.1 Å². The van der Waals surface area contributed by atoms with Crippen molar-refractivity contribution in [2.75, 3.05) is 11.6 Å². The Morgan fingerprint density at radius 2 is 1.88 bits per heavy atom. The third-order valence-electron chi connectivity index (χ3n) is 3.70. The summed E-state index contributed by atoms with van der Waals surface area (Å²) >= 11 is 0. The molecule has 0 atom stereocenters. The molecule has 0 bridgehead atoms. The number of nitrogens with zero attached hydrogens (tertiary/aromatic N) is 2. The molecule has 0 radical (unpaired) electrons. The molecule has 0 saturated carbocycles. The maximum atomic E-state index is 12.5. The van der Waals surface area contributed by atoms with Gasteiger partial charge in [0.1, 0.15) is 4.90 Å². The van der Waals surface area contributed by atoms with Crippen molar-refractivity contribution in [3.8, 4) is 0 Å². The first-order chi connectivity index (χ1) is 12.3. The second kappa shape index (κ2) is 6.52. The molecule has 0 aliphatic heterocycles. The van der Waals surface area contributed by atoms with Gasteiger partial charge >= 0.3 is 0 Å². The fourth-order valence-electron chi connectivity index (χ4n) is 2.51. The van der Waals surface area contributed by atoms with Crippen molar-refractivity contribution in [1.29, 1.82) is 0 Å². The summed E-state index contributed by atoms with van der Waals surface area (Å²) < 4.78 is 23.3. The van der Waals surface area contributed by atoms with Crippen LogP contribution in [0.25, 0.3) is 10.9 Å². The smallest absolute Gasteiger partial charge is 0.288 e. The Morgan fingerprint density at radius 3 is 2.58 bits per heavy atom. The normalized spacial score (nSPS) is 11.3. The van der Waals surface area contributed by atoms with Crippen molar-refractivity contribution < 1.29 is 18.1 Å². The molecule has 132 valence electrons. The first-order valence-corrected chi connectivity index (χ1v) is 9.30. The van der Waals surface area contributed by atoms with Gasteiger partial charge in [-0.05, 0) is 24.3 Å². The molecule has 1 aromatic heterocycles. The number of sulfone groups is 1. The van der Waals surface area contributed by atoms with E-state index < -0.39 is 31.3 Å². The minimum atomic E-state index is -3.79. The van der Waals surface area contributed by atoms with Gasteiger partial charge in [0.05, 0.1) is 16.1 Å². The van der Waals surface area contributed by atoms with E-state index in [-0.39, 0.29) is 5.56 Å². The van der Waals surface area contributed by atoms with Crippen molar-refractivity contribution in [3.05, 3.63) is 70.4 Å². The number of hydrogen-bond donors (Lipinski definition) is 1. The lowest BCUT2D eigenvalue weighted by Gasteiger charge is -2.09. The van der Waals surface area contributed by atoms with Gasteiger partial charge in [-0.15, -0.1) is 0 Å². The van der Waals surface area contributed by atoms with E-state index in [0.717, 1.165) is 23.8 Å². The van der Waals surface area contributed by atoms with Gasteiger partial charge in [0, 0.05) is 29.5 Å². The summed E-state index contributed by atoms with van der Waals surface area (Å²) in [6.07, 6.45) is 2.46. The van der Waals surface area contributed by atoms with Gasteiger partial charge in [-0.3, -0.25) is 19.9 Å². The molecule has 1 amide bonds. The number of fused-ring (bicyclic) bond motifs is 1. The molecular formula is C17H13N3O5S. The number of aromatic nitrogens is 1. The van der Waals surface area contributed by atoms with Crippen molar-refractivity contribution in [1.82, 2.24) is 4.98 Å². The molecule has 8 nitrogen and oxygen atoms in total. The van der Waals surface area contributed by atoms with E-state index >= 15 is 0 Å². The molecule has 3 aromatic rings. The Balaban J connectivity index is 2.00. The zero-order valence-corrected chi connectivity index (χ0v) is 14.4. The quantitative estimate of drug-likeness (QED) is 0.556. The zero-order chi connectivity index (χ0) is 18.9. The highest BCUT2D eigenvalue weighted by atomic mass is 32.2. The number of para-hydroxylation sites is 1. The van der Waals surface area contributed by atoms with Gasteiger partial charge in [0.2, 0.25) is 0 Å². The molecule has 1 heterocycles. The van der Waals surface area contributed by atoms with Gasteiger partial charge in [-0.1, -0.05) is 18.2 Å². The Labute approximate surface area is 148 Å². The fourth-order valence-corrected chi connectivity index (χ4v) is 3.34. The summed E-state index contributed by atoms with van der Waals surface area (Å²) in [6.45, 7) is 0. The molecule has 0 fully saturated rings. The minimum Gasteiger partial charge on any atom is -0.320 e. The molecule has 0 saturated heterocycles. The highest BCUT2D eigenvalue weighted by molar-refractivity contribution is 7.90. The predicted octanol–water partition coefficient (Wildman–Crippen LogP) is 2.80. The van der Waals surface area contributed by atoms with E-state index in [1.807, 2.05) is 12.1 Å². The van der Waals surface area contributed by atoms with E-state index in [1.54, 1.807) is 24.4 Å². The van der Waals surface area contributed by atoms with Crippen LogP contribution >= 0.6 is 0 Å². The average molecular weight is 371 g/mol.